The van der Waals surface area contributed by atoms with Crippen LogP contribution in [0.1, 0.15) is 51.3 Å². The number of nitrogens with one attached hydrogen (secondary N) is 1. The lowest BCUT2D eigenvalue weighted by Gasteiger charge is -2.29. The third-order valence-electron chi connectivity index (χ3n) is 4.67. The Bertz CT molecular complexity index is 464. The Balaban J connectivity index is 2.07. The molecule has 1 N–H and O–H groups in total. The highest BCUT2D eigenvalue weighted by molar-refractivity contribution is 5.33. The maximum atomic E-state index is 4.72. The predicted molar refractivity (Wildman–Crippen MR) is 88.5 cm³/mol. The molecule has 1 aromatic rings. The van der Waals surface area contributed by atoms with Crippen LogP contribution >= 0.6 is 0 Å². The molecule has 4 heteroatoms. The van der Waals surface area contributed by atoms with Gasteiger partial charge in [0.25, 0.3) is 0 Å². The van der Waals surface area contributed by atoms with E-state index in [2.05, 4.69) is 42.9 Å². The van der Waals surface area contributed by atoms with Gasteiger partial charge in [0.05, 0.1) is 0 Å². The summed E-state index contributed by atoms with van der Waals surface area (Å²) in [7, 11) is 1.95. The van der Waals surface area contributed by atoms with Crippen molar-refractivity contribution in [3.05, 3.63) is 17.5 Å². The molecule has 2 rings (SSSR count). The normalized spacial score (nSPS) is 20.4. The van der Waals surface area contributed by atoms with E-state index in [4.69, 9.17) is 4.98 Å². The van der Waals surface area contributed by atoms with E-state index < -0.39 is 0 Å². The van der Waals surface area contributed by atoms with Gasteiger partial charge in [0.1, 0.15) is 0 Å². The molecule has 21 heavy (non-hydrogen) atoms. The summed E-state index contributed by atoms with van der Waals surface area (Å²) in [6.07, 6.45) is 5.77. The Morgan fingerprint density at radius 2 is 2.05 bits per heavy atom. The molecule has 0 saturated carbocycles. The molecule has 1 aliphatic rings. The van der Waals surface area contributed by atoms with Crippen molar-refractivity contribution in [2.75, 3.05) is 25.0 Å². The molecule has 1 fully saturated rings. The largest absolute Gasteiger partial charge is 0.341 e. The van der Waals surface area contributed by atoms with Crippen LogP contribution in [0.2, 0.25) is 0 Å². The monoisotopic (exact) mass is 290 g/mol. The minimum Gasteiger partial charge on any atom is -0.341 e. The molecule has 1 aromatic heterocycles. The molecule has 0 aromatic carbocycles. The van der Waals surface area contributed by atoms with Crippen LogP contribution in [0.15, 0.2) is 6.20 Å². The molecule has 0 aliphatic carbocycles. The van der Waals surface area contributed by atoms with E-state index in [1.54, 1.807) is 0 Å². The van der Waals surface area contributed by atoms with E-state index in [1.165, 1.54) is 24.8 Å². The van der Waals surface area contributed by atoms with Crippen molar-refractivity contribution in [1.29, 1.82) is 0 Å². The maximum absolute atomic E-state index is 4.72. The molecule has 1 atom stereocenters. The molecule has 0 spiro atoms. The summed E-state index contributed by atoms with van der Waals surface area (Å²) in [5.74, 6) is 1.70. The first-order valence-corrected chi connectivity index (χ1v) is 8.14. The smallest absolute Gasteiger partial charge is 0.225 e. The molecule has 1 aliphatic heterocycles. The lowest BCUT2D eigenvalue weighted by atomic mass is 9.77. The first-order valence-electron chi connectivity index (χ1n) is 8.14. The standard InChI is InChI=1S/C17H30N4/c1-13-14(11-18-5)12-19-16(20-13)21-9-6-7-15(8-10-21)17(2,3)4/h12,15,18H,6-11H2,1-5H3. The quantitative estimate of drug-likeness (QED) is 0.928. The Hall–Kier alpha value is -1.16. The van der Waals surface area contributed by atoms with Crippen LogP contribution in [0.5, 0.6) is 0 Å². The molecule has 1 unspecified atom stereocenters. The van der Waals surface area contributed by atoms with Gasteiger partial charge in [-0.25, -0.2) is 9.97 Å². The van der Waals surface area contributed by atoms with Crippen molar-refractivity contribution in [1.82, 2.24) is 15.3 Å². The zero-order chi connectivity index (χ0) is 15.5. The number of anilines is 1. The fraction of sp³-hybridized carbons (Fsp3) is 0.765. The summed E-state index contributed by atoms with van der Waals surface area (Å²) in [5.41, 5.74) is 2.68. The summed E-state index contributed by atoms with van der Waals surface area (Å²) in [4.78, 5) is 11.7. The average Bonchev–Trinajstić information content (AvgIpc) is 2.66. The minimum absolute atomic E-state index is 0.406. The maximum Gasteiger partial charge on any atom is 0.225 e. The first-order chi connectivity index (χ1) is 9.91. The van der Waals surface area contributed by atoms with Gasteiger partial charge in [-0.2, -0.15) is 0 Å². The number of hydrogen-bond donors (Lipinski definition) is 1. The second kappa shape index (κ2) is 6.73. The Kier molecular flexibility index (Phi) is 5.20. The van der Waals surface area contributed by atoms with Gasteiger partial charge >= 0.3 is 0 Å². The van der Waals surface area contributed by atoms with Gasteiger partial charge in [-0.3, -0.25) is 0 Å². The molecule has 2 heterocycles. The van der Waals surface area contributed by atoms with E-state index >= 15 is 0 Å². The molecule has 1 saturated heterocycles. The van der Waals surface area contributed by atoms with Gasteiger partial charge in [0.15, 0.2) is 0 Å². The Labute approximate surface area is 129 Å². The first kappa shape index (κ1) is 16.2. The van der Waals surface area contributed by atoms with Crippen LogP contribution in [0, 0.1) is 18.3 Å². The van der Waals surface area contributed by atoms with Gasteiger partial charge in [0, 0.05) is 37.1 Å². The third-order valence-corrected chi connectivity index (χ3v) is 4.67. The summed E-state index contributed by atoms with van der Waals surface area (Å²) in [6, 6.07) is 0. The van der Waals surface area contributed by atoms with Crippen molar-refractivity contribution >= 4 is 5.95 Å². The van der Waals surface area contributed by atoms with E-state index in [0.29, 0.717) is 5.41 Å². The zero-order valence-electron chi connectivity index (χ0n) is 14.2. The van der Waals surface area contributed by atoms with Crippen molar-refractivity contribution in [3.8, 4) is 0 Å². The topological polar surface area (TPSA) is 41.1 Å². The van der Waals surface area contributed by atoms with Crippen LogP contribution in [0.4, 0.5) is 5.95 Å². The molecule has 0 amide bonds. The highest BCUT2D eigenvalue weighted by Gasteiger charge is 2.27. The second-order valence-electron chi connectivity index (χ2n) is 7.29. The van der Waals surface area contributed by atoms with E-state index in [9.17, 15) is 0 Å². The van der Waals surface area contributed by atoms with Gasteiger partial charge in [0.2, 0.25) is 5.95 Å². The highest BCUT2D eigenvalue weighted by Crippen LogP contribution is 2.34. The number of hydrogen-bond acceptors (Lipinski definition) is 4. The summed E-state index contributed by atoms with van der Waals surface area (Å²) < 4.78 is 0. The van der Waals surface area contributed by atoms with E-state index in [0.717, 1.165) is 37.2 Å². The molecule has 0 bridgehead atoms. The van der Waals surface area contributed by atoms with Gasteiger partial charge in [-0.05, 0) is 44.6 Å². The van der Waals surface area contributed by atoms with Gasteiger partial charge in [-0.1, -0.05) is 20.8 Å². The number of aryl methyl sites for hydroxylation is 1. The highest BCUT2D eigenvalue weighted by atomic mass is 15.2. The van der Waals surface area contributed by atoms with Crippen molar-refractivity contribution < 1.29 is 0 Å². The van der Waals surface area contributed by atoms with Crippen LogP contribution < -0.4 is 10.2 Å². The minimum atomic E-state index is 0.406. The van der Waals surface area contributed by atoms with Crippen molar-refractivity contribution in [3.63, 3.8) is 0 Å². The fourth-order valence-corrected chi connectivity index (χ4v) is 3.16. The number of aromatic nitrogens is 2. The third kappa shape index (κ3) is 4.16. The van der Waals surface area contributed by atoms with Gasteiger partial charge < -0.3 is 10.2 Å². The lowest BCUT2D eigenvalue weighted by Crippen LogP contribution is -2.28. The lowest BCUT2D eigenvalue weighted by molar-refractivity contribution is 0.220. The number of rotatable bonds is 3. The second-order valence-corrected chi connectivity index (χ2v) is 7.29. The SMILES string of the molecule is CNCc1cnc(N2CCCC(C(C)(C)C)CC2)nc1C. The van der Waals surface area contributed by atoms with Crippen LogP contribution in [-0.2, 0) is 6.54 Å². The summed E-state index contributed by atoms with van der Waals surface area (Å²) in [6.45, 7) is 12.2. The van der Waals surface area contributed by atoms with Crippen LogP contribution in [0.3, 0.4) is 0 Å². The summed E-state index contributed by atoms with van der Waals surface area (Å²) >= 11 is 0. The van der Waals surface area contributed by atoms with Gasteiger partial charge in [-0.15, -0.1) is 0 Å². The molecule has 0 radical (unpaired) electrons. The molecular weight excluding hydrogens is 260 g/mol. The van der Waals surface area contributed by atoms with Crippen molar-refractivity contribution in [2.24, 2.45) is 11.3 Å². The summed E-state index contributed by atoms with van der Waals surface area (Å²) in [5, 5.41) is 3.16. The van der Waals surface area contributed by atoms with E-state index in [1.807, 2.05) is 13.2 Å². The fourth-order valence-electron chi connectivity index (χ4n) is 3.16. The van der Waals surface area contributed by atoms with E-state index in [-0.39, 0.29) is 0 Å². The molecule has 4 nitrogen and oxygen atoms in total. The predicted octanol–water partition coefficient (Wildman–Crippen LogP) is 3.16. The molecule has 118 valence electrons. The average molecular weight is 290 g/mol. The molecular formula is C17H30N4. The van der Waals surface area contributed by atoms with Crippen molar-refractivity contribution in [2.45, 2.75) is 53.5 Å². The zero-order valence-corrected chi connectivity index (χ0v) is 14.2. The Morgan fingerprint density at radius 1 is 1.29 bits per heavy atom. The Morgan fingerprint density at radius 3 is 2.67 bits per heavy atom. The van der Waals surface area contributed by atoms with Crippen LogP contribution in [-0.4, -0.2) is 30.1 Å². The number of nitrogens with zero attached hydrogens (tertiary/aromatic N) is 3. The van der Waals surface area contributed by atoms with Crippen LogP contribution in [0.25, 0.3) is 0 Å².